The van der Waals surface area contributed by atoms with Crippen LogP contribution in [0.4, 0.5) is 4.79 Å². The largest absolute Gasteiger partial charge is 0.480 e. The predicted molar refractivity (Wildman–Crippen MR) is 83.5 cm³/mol. The number of carbonyl (C=O) groups excluding carboxylic acids is 1. The SMILES string of the molecule is N=C1CCCC(C(=O)O)N1C(=O)NCc1ccc(Cl)c(Cl)c1. The van der Waals surface area contributed by atoms with Crippen molar-refractivity contribution < 1.29 is 14.7 Å². The van der Waals surface area contributed by atoms with Crippen LogP contribution in [0.5, 0.6) is 0 Å². The van der Waals surface area contributed by atoms with Gasteiger partial charge in [0.05, 0.1) is 10.0 Å². The number of likely N-dealkylation sites (tertiary alicyclic amines) is 1. The number of carbonyl (C=O) groups is 2. The van der Waals surface area contributed by atoms with E-state index in [1.54, 1.807) is 18.2 Å². The van der Waals surface area contributed by atoms with Crippen LogP contribution in [-0.4, -0.2) is 33.9 Å². The van der Waals surface area contributed by atoms with Crippen molar-refractivity contribution in [1.29, 1.82) is 5.41 Å². The standard InChI is InChI=1S/C14H15Cl2N3O3/c15-9-5-4-8(6-10(9)16)7-18-14(22)19-11(13(20)21)2-1-3-12(19)17/h4-6,11,17H,1-3,7H2,(H,18,22)(H,20,21). The molecule has 3 N–H and O–H groups in total. The van der Waals surface area contributed by atoms with Crippen molar-refractivity contribution >= 4 is 41.0 Å². The Labute approximate surface area is 137 Å². The van der Waals surface area contributed by atoms with Crippen molar-refractivity contribution in [1.82, 2.24) is 10.2 Å². The van der Waals surface area contributed by atoms with Crippen LogP contribution in [-0.2, 0) is 11.3 Å². The average molecular weight is 344 g/mol. The lowest BCUT2D eigenvalue weighted by atomic mass is 10.0. The summed E-state index contributed by atoms with van der Waals surface area (Å²) in [6, 6.07) is 3.37. The number of amides is 2. The molecule has 1 atom stereocenters. The molecule has 118 valence electrons. The quantitative estimate of drug-likeness (QED) is 0.786. The zero-order valence-corrected chi connectivity index (χ0v) is 13.1. The summed E-state index contributed by atoms with van der Waals surface area (Å²) in [7, 11) is 0. The number of amidine groups is 1. The Morgan fingerprint density at radius 2 is 2.09 bits per heavy atom. The van der Waals surface area contributed by atoms with Crippen LogP contribution in [0.25, 0.3) is 0 Å². The number of nitrogens with zero attached hydrogens (tertiary/aromatic N) is 1. The molecule has 1 aliphatic heterocycles. The lowest BCUT2D eigenvalue weighted by Crippen LogP contribution is -2.54. The van der Waals surface area contributed by atoms with Gasteiger partial charge in [-0.1, -0.05) is 29.3 Å². The Morgan fingerprint density at radius 3 is 2.73 bits per heavy atom. The smallest absolute Gasteiger partial charge is 0.326 e. The van der Waals surface area contributed by atoms with Crippen LogP contribution in [0.3, 0.4) is 0 Å². The van der Waals surface area contributed by atoms with Crippen molar-refractivity contribution in [2.24, 2.45) is 0 Å². The molecule has 0 aliphatic carbocycles. The molecule has 1 heterocycles. The maximum atomic E-state index is 12.2. The second-order valence-electron chi connectivity index (χ2n) is 4.97. The van der Waals surface area contributed by atoms with E-state index in [9.17, 15) is 14.7 Å². The van der Waals surface area contributed by atoms with Gasteiger partial charge >= 0.3 is 12.0 Å². The van der Waals surface area contributed by atoms with Crippen molar-refractivity contribution in [3.63, 3.8) is 0 Å². The summed E-state index contributed by atoms with van der Waals surface area (Å²) in [5.41, 5.74) is 0.734. The highest BCUT2D eigenvalue weighted by atomic mass is 35.5. The molecule has 0 aromatic heterocycles. The van der Waals surface area contributed by atoms with Crippen LogP contribution in [0, 0.1) is 5.41 Å². The van der Waals surface area contributed by atoms with Crippen LogP contribution >= 0.6 is 23.2 Å². The van der Waals surface area contributed by atoms with E-state index in [4.69, 9.17) is 28.6 Å². The van der Waals surface area contributed by atoms with Crippen molar-refractivity contribution in [2.45, 2.75) is 31.8 Å². The number of carboxylic acid groups (broad SMARTS) is 1. The van der Waals surface area contributed by atoms with E-state index in [1.165, 1.54) is 0 Å². The zero-order chi connectivity index (χ0) is 16.3. The Balaban J connectivity index is 2.04. The van der Waals surface area contributed by atoms with Gasteiger partial charge in [-0.15, -0.1) is 0 Å². The van der Waals surface area contributed by atoms with Gasteiger partial charge in [0.1, 0.15) is 11.9 Å². The third-order valence-electron chi connectivity index (χ3n) is 3.43. The van der Waals surface area contributed by atoms with E-state index in [2.05, 4.69) is 5.32 Å². The lowest BCUT2D eigenvalue weighted by Gasteiger charge is -2.33. The number of hydrogen-bond acceptors (Lipinski definition) is 3. The average Bonchev–Trinajstić information content (AvgIpc) is 2.47. The summed E-state index contributed by atoms with van der Waals surface area (Å²) >= 11 is 11.7. The fourth-order valence-corrected chi connectivity index (χ4v) is 2.63. The molecule has 0 radical (unpaired) electrons. The molecule has 1 aliphatic rings. The Bertz CT molecular complexity index is 621. The van der Waals surface area contributed by atoms with E-state index < -0.39 is 18.0 Å². The second kappa shape index (κ2) is 6.98. The summed E-state index contributed by atoms with van der Waals surface area (Å²) in [6.07, 6.45) is 1.33. The van der Waals surface area contributed by atoms with Gasteiger partial charge in [0, 0.05) is 13.0 Å². The van der Waals surface area contributed by atoms with E-state index >= 15 is 0 Å². The van der Waals surface area contributed by atoms with E-state index in [0.29, 0.717) is 29.3 Å². The van der Waals surface area contributed by atoms with E-state index in [-0.39, 0.29) is 12.4 Å². The molecule has 2 amide bonds. The predicted octanol–water partition coefficient (Wildman–Crippen LogP) is 3.12. The third kappa shape index (κ3) is 3.69. The van der Waals surface area contributed by atoms with Crippen LogP contribution < -0.4 is 5.32 Å². The molecular formula is C14H15Cl2N3O3. The summed E-state index contributed by atoms with van der Waals surface area (Å²) < 4.78 is 0. The van der Waals surface area contributed by atoms with Crippen LogP contribution in [0.2, 0.25) is 10.0 Å². The fourth-order valence-electron chi connectivity index (χ4n) is 2.31. The molecule has 1 aromatic rings. The van der Waals surface area contributed by atoms with Crippen molar-refractivity contribution in [3.05, 3.63) is 33.8 Å². The fraction of sp³-hybridized carbons (Fsp3) is 0.357. The van der Waals surface area contributed by atoms with Gasteiger partial charge < -0.3 is 10.4 Å². The van der Waals surface area contributed by atoms with E-state index in [0.717, 1.165) is 10.5 Å². The van der Waals surface area contributed by atoms with Gasteiger partial charge in [-0.25, -0.2) is 9.59 Å². The van der Waals surface area contributed by atoms with Gasteiger partial charge in [-0.3, -0.25) is 10.3 Å². The maximum absolute atomic E-state index is 12.2. The number of nitrogens with one attached hydrogen (secondary N) is 2. The minimum atomic E-state index is -1.10. The second-order valence-corrected chi connectivity index (χ2v) is 5.78. The first-order valence-corrected chi connectivity index (χ1v) is 7.47. The summed E-state index contributed by atoms with van der Waals surface area (Å²) in [5, 5.41) is 20.4. The third-order valence-corrected chi connectivity index (χ3v) is 4.16. The molecule has 1 aromatic carbocycles. The topological polar surface area (TPSA) is 93.5 Å². The molecular weight excluding hydrogens is 329 g/mol. The number of benzene rings is 1. The van der Waals surface area contributed by atoms with Gasteiger partial charge in [0.25, 0.3) is 0 Å². The highest BCUT2D eigenvalue weighted by Gasteiger charge is 2.35. The monoisotopic (exact) mass is 343 g/mol. The molecule has 22 heavy (non-hydrogen) atoms. The summed E-state index contributed by atoms with van der Waals surface area (Å²) in [4.78, 5) is 24.4. The van der Waals surface area contributed by atoms with Gasteiger partial charge in [0.15, 0.2) is 0 Å². The van der Waals surface area contributed by atoms with Crippen molar-refractivity contribution in [2.75, 3.05) is 0 Å². The minimum Gasteiger partial charge on any atom is -0.480 e. The van der Waals surface area contributed by atoms with Gasteiger partial charge in [-0.2, -0.15) is 0 Å². The number of piperidine rings is 1. The number of rotatable bonds is 3. The van der Waals surface area contributed by atoms with Gasteiger partial charge in [-0.05, 0) is 30.5 Å². The summed E-state index contributed by atoms with van der Waals surface area (Å²) in [5.74, 6) is -1.08. The molecule has 0 saturated carbocycles. The van der Waals surface area contributed by atoms with Crippen LogP contribution in [0.15, 0.2) is 18.2 Å². The van der Waals surface area contributed by atoms with Crippen LogP contribution in [0.1, 0.15) is 24.8 Å². The van der Waals surface area contributed by atoms with E-state index in [1.807, 2.05) is 0 Å². The number of urea groups is 1. The highest BCUT2D eigenvalue weighted by molar-refractivity contribution is 6.42. The highest BCUT2D eigenvalue weighted by Crippen LogP contribution is 2.23. The molecule has 6 nitrogen and oxygen atoms in total. The molecule has 1 saturated heterocycles. The Kier molecular flexibility index (Phi) is 5.26. The minimum absolute atomic E-state index is 0.0188. The number of halogens is 2. The first-order chi connectivity index (χ1) is 10.4. The number of carboxylic acids is 1. The number of hydrogen-bond donors (Lipinski definition) is 3. The normalized spacial score (nSPS) is 18.2. The molecule has 2 rings (SSSR count). The molecule has 1 fully saturated rings. The Hall–Kier alpha value is -1.79. The maximum Gasteiger partial charge on any atom is 0.326 e. The summed E-state index contributed by atoms with van der Waals surface area (Å²) in [6.45, 7) is 0.172. The van der Waals surface area contributed by atoms with Crippen molar-refractivity contribution in [3.8, 4) is 0 Å². The molecule has 8 heteroatoms. The number of aliphatic carboxylic acids is 1. The molecule has 0 spiro atoms. The first-order valence-electron chi connectivity index (χ1n) is 6.71. The zero-order valence-electron chi connectivity index (χ0n) is 11.6. The molecule has 0 bridgehead atoms. The first kappa shape index (κ1) is 16.6. The lowest BCUT2D eigenvalue weighted by molar-refractivity contribution is -0.141. The molecule has 1 unspecified atom stereocenters. The van der Waals surface area contributed by atoms with Gasteiger partial charge in [0.2, 0.25) is 0 Å². The Morgan fingerprint density at radius 1 is 1.36 bits per heavy atom.